The average molecular weight is 220 g/mol. The van der Waals surface area contributed by atoms with E-state index < -0.39 is 9.05 Å². The molecule has 0 heterocycles. The van der Waals surface area contributed by atoms with Crippen molar-refractivity contribution in [1.29, 1.82) is 0 Å². The van der Waals surface area contributed by atoms with Gasteiger partial charge in [0.05, 0.1) is 6.42 Å². The van der Waals surface area contributed by atoms with Crippen LogP contribution in [-0.4, -0.2) is 18.9 Å². The molecule has 0 bridgehead atoms. The summed E-state index contributed by atoms with van der Waals surface area (Å²) >= 11 is 0. The molecule has 0 saturated carbocycles. The summed E-state index contributed by atoms with van der Waals surface area (Å²) in [7, 11) is 1.21. The molecular weight excluding hydrogens is 214 g/mol. The van der Waals surface area contributed by atoms with E-state index in [-0.39, 0.29) is 17.0 Å². The molecule has 7 heteroatoms. The van der Waals surface area contributed by atoms with Gasteiger partial charge in [-0.05, 0) is 12.2 Å². The van der Waals surface area contributed by atoms with Crippen LogP contribution in [0.1, 0.15) is 6.42 Å². The van der Waals surface area contributed by atoms with Crippen LogP contribution in [-0.2, 0) is 9.05 Å². The van der Waals surface area contributed by atoms with E-state index >= 15 is 0 Å². The molecule has 0 fully saturated rings. The molecule has 0 aromatic heterocycles. The highest BCUT2D eigenvalue weighted by Crippen LogP contribution is 2.19. The molecule has 5 nitrogen and oxygen atoms in total. The van der Waals surface area contributed by atoms with Crippen molar-refractivity contribution in [3.63, 3.8) is 0 Å². The first-order valence-corrected chi connectivity index (χ1v) is 5.58. The average Bonchev–Trinajstić information content (AvgIpc) is 2.01. The second-order valence-electron chi connectivity index (χ2n) is 2.43. The van der Waals surface area contributed by atoms with Crippen molar-refractivity contribution in [2.45, 2.75) is 6.42 Å². The van der Waals surface area contributed by atoms with Crippen LogP contribution in [0.3, 0.4) is 0 Å². The van der Waals surface area contributed by atoms with Crippen molar-refractivity contribution >= 4 is 25.4 Å². The minimum Gasteiger partial charge on any atom is -0.402 e. The second kappa shape index (κ2) is 3.33. The Kier molecular flexibility index (Phi) is 2.56. The van der Waals surface area contributed by atoms with Gasteiger partial charge in [0.15, 0.2) is 4.91 Å². The topological polar surface area (TPSA) is 96.6 Å². The van der Waals surface area contributed by atoms with Gasteiger partial charge in [-0.25, -0.2) is 8.42 Å². The lowest BCUT2D eigenvalue weighted by atomic mass is 10.1. The Morgan fingerprint density at radius 1 is 1.54 bits per heavy atom. The number of nitrogens with two attached hydrogens (primary N) is 1. The lowest BCUT2D eigenvalue weighted by molar-refractivity contribution is -0.00600. The third kappa shape index (κ3) is 2.18. The van der Waals surface area contributed by atoms with Crippen LogP contribution in [0.5, 0.6) is 0 Å². The van der Waals surface area contributed by atoms with E-state index in [9.17, 15) is 8.42 Å². The fourth-order valence-electron chi connectivity index (χ4n) is 0.925. The predicted molar refractivity (Wildman–Crippen MR) is 48.4 cm³/mol. The Balaban J connectivity index is 3.31. The minimum absolute atomic E-state index is 0.0463. The maximum Gasteiger partial charge on any atom is 0.317 e. The zero-order chi connectivity index (χ0) is 10.1. The minimum atomic E-state index is -3.87. The van der Waals surface area contributed by atoms with Crippen LogP contribution in [0, 0.1) is 0 Å². The van der Waals surface area contributed by atoms with E-state index in [4.69, 9.17) is 21.9 Å². The summed E-state index contributed by atoms with van der Waals surface area (Å²) < 4.78 is 21.8. The SMILES string of the molecule is [N-]=[N+]=C1CC(N)=CC=C1S(=O)(=O)Cl. The van der Waals surface area contributed by atoms with Gasteiger partial charge in [0.25, 0.3) is 9.05 Å². The van der Waals surface area contributed by atoms with E-state index in [1.807, 2.05) is 0 Å². The summed E-state index contributed by atoms with van der Waals surface area (Å²) in [6.45, 7) is 0. The monoisotopic (exact) mass is 219 g/mol. The van der Waals surface area contributed by atoms with Gasteiger partial charge < -0.3 is 11.3 Å². The van der Waals surface area contributed by atoms with E-state index in [1.54, 1.807) is 0 Å². The van der Waals surface area contributed by atoms with Gasteiger partial charge in [-0.2, -0.15) is 4.79 Å². The molecule has 0 atom stereocenters. The third-order valence-electron chi connectivity index (χ3n) is 1.49. The van der Waals surface area contributed by atoms with E-state index in [0.717, 1.165) is 0 Å². The molecule has 0 radical (unpaired) electrons. The number of hydrogen-bond donors (Lipinski definition) is 1. The largest absolute Gasteiger partial charge is 0.402 e. The summed E-state index contributed by atoms with van der Waals surface area (Å²) in [5.74, 6) is 0. The normalized spacial score (nSPS) is 17.5. The molecule has 0 unspecified atom stereocenters. The number of nitrogens with zero attached hydrogens (tertiary/aromatic N) is 2. The Labute approximate surface area is 79.5 Å². The quantitative estimate of drug-likeness (QED) is 0.392. The first-order chi connectivity index (χ1) is 5.95. The van der Waals surface area contributed by atoms with Crippen molar-refractivity contribution in [3.8, 4) is 0 Å². The Morgan fingerprint density at radius 3 is 2.62 bits per heavy atom. The molecule has 0 saturated heterocycles. The number of halogens is 1. The van der Waals surface area contributed by atoms with Gasteiger partial charge in [0.2, 0.25) is 0 Å². The van der Waals surface area contributed by atoms with Crippen LogP contribution in [0.4, 0.5) is 0 Å². The molecule has 2 N–H and O–H groups in total. The molecule has 1 aliphatic carbocycles. The predicted octanol–water partition coefficient (Wildman–Crippen LogP) is 0.356. The summed E-state index contributed by atoms with van der Waals surface area (Å²) in [5.41, 5.74) is 14.2. The van der Waals surface area contributed by atoms with Crippen molar-refractivity contribution in [3.05, 3.63) is 28.3 Å². The van der Waals surface area contributed by atoms with Crippen LogP contribution >= 0.6 is 10.7 Å². The Bertz CT molecular complexity index is 442. The maximum atomic E-state index is 10.9. The molecule has 0 aromatic carbocycles. The third-order valence-corrected chi connectivity index (χ3v) is 2.88. The molecule has 1 rings (SSSR count). The summed E-state index contributed by atoms with van der Waals surface area (Å²) in [6, 6.07) is 0. The van der Waals surface area contributed by atoms with Crippen molar-refractivity contribution < 1.29 is 13.2 Å². The van der Waals surface area contributed by atoms with Gasteiger partial charge in [0.1, 0.15) is 0 Å². The van der Waals surface area contributed by atoms with E-state index in [0.29, 0.717) is 5.70 Å². The molecule has 0 aliphatic heterocycles. The molecule has 13 heavy (non-hydrogen) atoms. The first kappa shape index (κ1) is 9.98. The Morgan fingerprint density at radius 2 is 2.15 bits per heavy atom. The number of allylic oxidation sites excluding steroid dienone is 4. The van der Waals surface area contributed by atoms with E-state index in [2.05, 4.69) is 4.79 Å². The van der Waals surface area contributed by atoms with Crippen molar-refractivity contribution in [1.82, 2.24) is 0 Å². The lowest BCUT2D eigenvalue weighted by Crippen LogP contribution is -2.17. The highest BCUT2D eigenvalue weighted by Gasteiger charge is 2.29. The van der Waals surface area contributed by atoms with Gasteiger partial charge in [-0.15, -0.1) is 0 Å². The number of rotatable bonds is 1. The van der Waals surface area contributed by atoms with Crippen LogP contribution in [0.2, 0.25) is 0 Å². The summed E-state index contributed by atoms with van der Waals surface area (Å²) in [5, 5.41) is 0. The van der Waals surface area contributed by atoms with Gasteiger partial charge in [-0.1, -0.05) is 0 Å². The van der Waals surface area contributed by atoms with Gasteiger partial charge in [-0.3, -0.25) is 0 Å². The van der Waals surface area contributed by atoms with Crippen LogP contribution < -0.4 is 5.73 Å². The van der Waals surface area contributed by atoms with E-state index in [1.165, 1.54) is 12.2 Å². The van der Waals surface area contributed by atoms with Crippen LogP contribution in [0.25, 0.3) is 5.53 Å². The highest BCUT2D eigenvalue weighted by atomic mass is 35.7. The zero-order valence-electron chi connectivity index (χ0n) is 6.44. The molecule has 0 amide bonds. The van der Waals surface area contributed by atoms with Gasteiger partial charge >= 0.3 is 5.71 Å². The summed E-state index contributed by atoms with van der Waals surface area (Å²) in [4.78, 5) is 2.59. The standard InChI is InChI=1S/C6H6ClN3O2S/c7-13(11,12)6-2-1-4(8)3-5(6)10-9/h1-2H,3,8H2. The van der Waals surface area contributed by atoms with Crippen molar-refractivity contribution in [2.24, 2.45) is 5.73 Å². The Hall–Kier alpha value is -1.10. The molecule has 0 aromatic rings. The van der Waals surface area contributed by atoms with Crippen LogP contribution in [0.15, 0.2) is 22.8 Å². The summed E-state index contributed by atoms with van der Waals surface area (Å²) in [6.07, 6.45) is 2.69. The van der Waals surface area contributed by atoms with Gasteiger partial charge in [0, 0.05) is 16.4 Å². The smallest absolute Gasteiger partial charge is 0.317 e. The molecule has 1 aliphatic rings. The molecule has 70 valence electrons. The fraction of sp³-hybridized carbons (Fsp3) is 0.167. The second-order valence-corrected chi connectivity index (χ2v) is 4.97. The fourth-order valence-corrected chi connectivity index (χ4v) is 1.97. The molecule has 0 spiro atoms. The first-order valence-electron chi connectivity index (χ1n) is 3.27. The van der Waals surface area contributed by atoms with Crippen molar-refractivity contribution in [2.75, 3.05) is 0 Å². The molecular formula is C6H6ClN3O2S. The number of hydrogen-bond acceptors (Lipinski definition) is 3. The lowest BCUT2D eigenvalue weighted by Gasteiger charge is -2.03. The maximum absolute atomic E-state index is 10.9. The highest BCUT2D eigenvalue weighted by molar-refractivity contribution is 8.17. The zero-order valence-corrected chi connectivity index (χ0v) is 8.01.